The van der Waals surface area contributed by atoms with Crippen LogP contribution in [0.2, 0.25) is 0 Å². The Morgan fingerprint density at radius 1 is 0.737 bits per heavy atom. The van der Waals surface area contributed by atoms with Crippen LogP contribution in [0.5, 0.6) is 0 Å². The molecule has 1 aliphatic rings. The van der Waals surface area contributed by atoms with Gasteiger partial charge >= 0.3 is 0 Å². The van der Waals surface area contributed by atoms with E-state index < -0.39 is 0 Å². The Balaban J connectivity index is 1.26. The van der Waals surface area contributed by atoms with E-state index in [1.807, 2.05) is 53.8 Å². The van der Waals surface area contributed by atoms with Crippen LogP contribution >= 0.6 is 22.7 Å². The highest BCUT2D eigenvalue weighted by Crippen LogP contribution is 2.41. The molecule has 0 radical (unpaired) electrons. The Bertz CT molecular complexity index is 2040. The predicted molar refractivity (Wildman–Crippen MR) is 160 cm³/mol. The molecule has 1 aliphatic carbocycles. The number of thiophene rings is 2. The standard InChI is InChI=1S/C33H20N2OS2/c36-32-24(15-23-14-20-8-4-5-9-21(20)16-26(23)32)18-31-34-33-27(35(31)25-11-2-1-3-12-25)19-30(38-33)29-17-22-10-6-7-13-28(22)37-29/h1-14,16-19H,15H2/b24-18-. The fourth-order valence-electron chi connectivity index (χ4n) is 5.44. The molecule has 0 amide bonds. The SMILES string of the molecule is O=C1/C(=C\c2nc3sc(-c4cc5ccccc5s4)cc3n2-c2ccccc2)Cc2cc3ccccc3cc21. The monoisotopic (exact) mass is 524 g/mol. The lowest BCUT2D eigenvalue weighted by Crippen LogP contribution is -2.00. The molecule has 0 unspecified atom stereocenters. The number of aromatic nitrogens is 2. The minimum Gasteiger partial charge on any atom is -0.292 e. The number of allylic oxidation sites excluding steroid dienone is 1. The fraction of sp³-hybridized carbons (Fsp3) is 0.0303. The van der Waals surface area contributed by atoms with Gasteiger partial charge in [0, 0.05) is 37.7 Å². The summed E-state index contributed by atoms with van der Waals surface area (Å²) in [6, 6.07) is 35.7. The average Bonchev–Trinajstić information content (AvgIpc) is 3.70. The van der Waals surface area contributed by atoms with Gasteiger partial charge in [-0.2, -0.15) is 0 Å². The number of Topliss-reactive ketones (excluding diaryl/α,β-unsaturated/α-hetero) is 1. The topological polar surface area (TPSA) is 34.9 Å². The number of fused-ring (bicyclic) bond motifs is 4. The van der Waals surface area contributed by atoms with Gasteiger partial charge in [-0.25, -0.2) is 4.98 Å². The van der Waals surface area contributed by atoms with Crippen LogP contribution < -0.4 is 0 Å². The van der Waals surface area contributed by atoms with Crippen molar-refractivity contribution in [3.05, 3.63) is 126 Å². The molecular weight excluding hydrogens is 505 g/mol. The summed E-state index contributed by atoms with van der Waals surface area (Å²) in [6.07, 6.45) is 2.62. The van der Waals surface area contributed by atoms with Crippen molar-refractivity contribution in [1.29, 1.82) is 0 Å². The molecule has 4 aromatic carbocycles. The Labute approximate surface area is 226 Å². The summed E-state index contributed by atoms with van der Waals surface area (Å²) >= 11 is 3.52. The van der Waals surface area contributed by atoms with Crippen molar-refractivity contribution in [3.63, 3.8) is 0 Å². The van der Waals surface area contributed by atoms with Crippen LogP contribution in [-0.4, -0.2) is 15.3 Å². The van der Waals surface area contributed by atoms with E-state index in [-0.39, 0.29) is 5.78 Å². The quantitative estimate of drug-likeness (QED) is 0.216. The molecule has 5 heteroatoms. The molecule has 38 heavy (non-hydrogen) atoms. The molecule has 0 aliphatic heterocycles. The van der Waals surface area contributed by atoms with Crippen molar-refractivity contribution in [2.24, 2.45) is 0 Å². The van der Waals surface area contributed by atoms with E-state index in [2.05, 4.69) is 71.3 Å². The van der Waals surface area contributed by atoms with Crippen LogP contribution in [0.25, 0.3) is 52.7 Å². The number of para-hydroxylation sites is 1. The molecule has 0 atom stereocenters. The summed E-state index contributed by atoms with van der Waals surface area (Å²) in [5, 5.41) is 3.53. The lowest BCUT2D eigenvalue weighted by atomic mass is 10.0. The number of hydrogen-bond acceptors (Lipinski definition) is 4. The van der Waals surface area contributed by atoms with Gasteiger partial charge in [-0.05, 0) is 64.2 Å². The number of imidazole rings is 1. The number of benzene rings is 4. The zero-order valence-electron chi connectivity index (χ0n) is 20.2. The van der Waals surface area contributed by atoms with Crippen LogP contribution in [0.4, 0.5) is 0 Å². The maximum absolute atomic E-state index is 13.5. The summed E-state index contributed by atoms with van der Waals surface area (Å²) in [5.74, 6) is 0.892. The van der Waals surface area contributed by atoms with Crippen LogP contribution in [0.3, 0.4) is 0 Å². The van der Waals surface area contributed by atoms with Gasteiger partial charge in [0.1, 0.15) is 10.7 Å². The average molecular weight is 525 g/mol. The molecule has 0 fully saturated rings. The summed E-state index contributed by atoms with van der Waals surface area (Å²) in [4.78, 5) is 22.0. The molecular formula is C33H20N2OS2. The number of carbonyl (C=O) groups excluding carboxylic acids is 1. The zero-order chi connectivity index (χ0) is 25.2. The number of ketones is 1. The van der Waals surface area contributed by atoms with Crippen LogP contribution in [0.1, 0.15) is 21.7 Å². The predicted octanol–water partition coefficient (Wildman–Crippen LogP) is 8.94. The van der Waals surface area contributed by atoms with Crippen molar-refractivity contribution in [1.82, 2.24) is 9.55 Å². The molecule has 3 nitrogen and oxygen atoms in total. The van der Waals surface area contributed by atoms with Gasteiger partial charge in [-0.3, -0.25) is 9.36 Å². The van der Waals surface area contributed by atoms with Crippen LogP contribution in [-0.2, 0) is 6.42 Å². The first-order chi connectivity index (χ1) is 18.7. The molecule has 0 spiro atoms. The molecule has 0 saturated carbocycles. The van der Waals surface area contributed by atoms with Crippen molar-refractivity contribution >= 4 is 65.7 Å². The molecule has 180 valence electrons. The van der Waals surface area contributed by atoms with Gasteiger partial charge in [0.15, 0.2) is 5.78 Å². The summed E-state index contributed by atoms with van der Waals surface area (Å²) in [5.41, 5.74) is 4.79. The molecule has 3 heterocycles. The smallest absolute Gasteiger partial charge is 0.189 e. The fourth-order valence-corrected chi connectivity index (χ4v) is 7.59. The van der Waals surface area contributed by atoms with Crippen LogP contribution in [0, 0.1) is 0 Å². The lowest BCUT2D eigenvalue weighted by molar-refractivity contribution is 0.104. The Kier molecular flexibility index (Phi) is 4.78. The van der Waals surface area contributed by atoms with Crippen molar-refractivity contribution < 1.29 is 4.79 Å². The third-order valence-corrected chi connectivity index (χ3v) is 9.58. The molecule has 7 aromatic rings. The molecule has 8 rings (SSSR count). The van der Waals surface area contributed by atoms with Crippen molar-refractivity contribution in [2.75, 3.05) is 0 Å². The van der Waals surface area contributed by atoms with Gasteiger partial charge in [-0.15, -0.1) is 22.7 Å². The van der Waals surface area contributed by atoms with Gasteiger partial charge in [0.2, 0.25) is 0 Å². The minimum atomic E-state index is 0.0997. The van der Waals surface area contributed by atoms with E-state index >= 15 is 0 Å². The highest BCUT2D eigenvalue weighted by atomic mass is 32.1. The molecule has 3 aromatic heterocycles. The van der Waals surface area contributed by atoms with Crippen molar-refractivity contribution in [2.45, 2.75) is 6.42 Å². The largest absolute Gasteiger partial charge is 0.292 e. The van der Waals surface area contributed by atoms with E-state index in [4.69, 9.17) is 4.98 Å². The first-order valence-corrected chi connectivity index (χ1v) is 14.2. The Morgan fingerprint density at radius 2 is 1.45 bits per heavy atom. The normalized spacial score (nSPS) is 14.3. The van der Waals surface area contributed by atoms with Gasteiger partial charge in [0.05, 0.1) is 5.52 Å². The van der Waals surface area contributed by atoms with Gasteiger partial charge in [-0.1, -0.05) is 66.7 Å². The second-order valence-corrected chi connectivity index (χ2v) is 11.7. The highest BCUT2D eigenvalue weighted by molar-refractivity contribution is 7.28. The molecule has 0 saturated heterocycles. The summed E-state index contributed by atoms with van der Waals surface area (Å²) in [6.45, 7) is 0. The second-order valence-electron chi connectivity index (χ2n) is 9.62. The van der Waals surface area contributed by atoms with E-state index in [0.717, 1.165) is 43.9 Å². The van der Waals surface area contributed by atoms with E-state index in [1.165, 1.54) is 25.2 Å². The molecule has 0 N–H and O–H groups in total. The first kappa shape index (κ1) is 21.7. The number of hydrogen-bond donors (Lipinski definition) is 0. The summed E-state index contributed by atoms with van der Waals surface area (Å²) in [7, 11) is 0. The zero-order valence-corrected chi connectivity index (χ0v) is 21.9. The minimum absolute atomic E-state index is 0.0997. The van der Waals surface area contributed by atoms with Crippen LogP contribution in [0.15, 0.2) is 109 Å². The van der Waals surface area contributed by atoms with Gasteiger partial charge < -0.3 is 0 Å². The van der Waals surface area contributed by atoms with Gasteiger partial charge in [0.25, 0.3) is 0 Å². The number of carbonyl (C=O) groups is 1. The molecule has 0 bridgehead atoms. The third kappa shape index (κ3) is 3.40. The second kappa shape index (κ2) is 8.35. The first-order valence-electron chi connectivity index (χ1n) is 12.5. The lowest BCUT2D eigenvalue weighted by Gasteiger charge is -2.07. The van der Waals surface area contributed by atoms with E-state index in [9.17, 15) is 4.79 Å². The number of nitrogens with zero attached hydrogens (tertiary/aromatic N) is 2. The maximum atomic E-state index is 13.5. The maximum Gasteiger partial charge on any atom is 0.189 e. The van der Waals surface area contributed by atoms with E-state index in [1.54, 1.807) is 11.3 Å². The number of rotatable bonds is 3. The van der Waals surface area contributed by atoms with Crippen molar-refractivity contribution in [3.8, 4) is 15.4 Å². The Morgan fingerprint density at radius 3 is 2.26 bits per heavy atom. The highest BCUT2D eigenvalue weighted by Gasteiger charge is 2.26. The van der Waals surface area contributed by atoms with E-state index in [0.29, 0.717) is 6.42 Å². The Hall–Kier alpha value is -4.32. The summed E-state index contributed by atoms with van der Waals surface area (Å²) < 4.78 is 3.47. The third-order valence-electron chi connectivity index (χ3n) is 7.25.